The zero-order valence-electron chi connectivity index (χ0n) is 19.2. The molecule has 178 valence electrons. The van der Waals surface area contributed by atoms with E-state index in [4.69, 9.17) is 37.4 Å². The van der Waals surface area contributed by atoms with E-state index in [1.807, 2.05) is 38.1 Å². The average Bonchev–Trinajstić information content (AvgIpc) is 2.81. The topological polar surface area (TPSA) is 56.8 Å². The standard InChI is InChI=1S/C27H27Cl2NO4/c1-17(2)33-25-15-21(28)8-5-18(25)11-12-30-27(31)19-6-9-22(10-7-19)34-26-16-24-20(14-23(26)29)4-3-13-32-24/h5-10,14-17H,3-4,11-13H2,1-2H3,(H,30,31). The summed E-state index contributed by atoms with van der Waals surface area (Å²) in [5.41, 5.74) is 2.63. The molecule has 7 heteroatoms. The maximum Gasteiger partial charge on any atom is 0.251 e. The third kappa shape index (κ3) is 6.16. The molecule has 1 N–H and O–H groups in total. The van der Waals surface area contributed by atoms with Crippen LogP contribution in [0.15, 0.2) is 54.6 Å². The number of ether oxygens (including phenoxy) is 3. The first-order valence-corrected chi connectivity index (χ1v) is 12.1. The Morgan fingerprint density at radius 1 is 1.06 bits per heavy atom. The first-order valence-electron chi connectivity index (χ1n) is 11.4. The van der Waals surface area contributed by atoms with Crippen molar-refractivity contribution in [3.05, 3.63) is 81.3 Å². The second-order valence-corrected chi connectivity index (χ2v) is 9.24. The van der Waals surface area contributed by atoms with E-state index in [0.29, 0.717) is 46.7 Å². The largest absolute Gasteiger partial charge is 0.493 e. The smallest absolute Gasteiger partial charge is 0.251 e. The lowest BCUT2D eigenvalue weighted by Gasteiger charge is -2.19. The van der Waals surface area contributed by atoms with Crippen LogP contribution < -0.4 is 19.5 Å². The molecule has 4 rings (SSSR count). The Morgan fingerprint density at radius 2 is 1.85 bits per heavy atom. The van der Waals surface area contributed by atoms with Gasteiger partial charge in [-0.25, -0.2) is 0 Å². The summed E-state index contributed by atoms with van der Waals surface area (Å²) in [4.78, 5) is 12.6. The summed E-state index contributed by atoms with van der Waals surface area (Å²) < 4.78 is 17.5. The molecule has 0 fully saturated rings. The number of amides is 1. The van der Waals surface area contributed by atoms with Crippen LogP contribution in [0.3, 0.4) is 0 Å². The molecule has 5 nitrogen and oxygen atoms in total. The highest BCUT2D eigenvalue weighted by atomic mass is 35.5. The number of carbonyl (C=O) groups is 1. The first kappa shape index (κ1) is 24.2. The molecular formula is C27H27Cl2NO4. The summed E-state index contributed by atoms with van der Waals surface area (Å²) in [7, 11) is 0. The molecule has 0 spiro atoms. The van der Waals surface area contributed by atoms with E-state index in [1.54, 1.807) is 30.3 Å². The molecule has 0 radical (unpaired) electrons. The van der Waals surface area contributed by atoms with E-state index < -0.39 is 0 Å². The van der Waals surface area contributed by atoms with Crippen LogP contribution in [-0.2, 0) is 12.8 Å². The Hall–Kier alpha value is -2.89. The first-order chi connectivity index (χ1) is 16.4. The zero-order chi connectivity index (χ0) is 24.1. The number of carbonyl (C=O) groups excluding carboxylic acids is 1. The summed E-state index contributed by atoms with van der Waals surface area (Å²) >= 11 is 12.5. The molecule has 0 atom stereocenters. The molecule has 1 heterocycles. The highest BCUT2D eigenvalue weighted by Gasteiger charge is 2.15. The molecule has 3 aromatic rings. The van der Waals surface area contributed by atoms with Crippen molar-refractivity contribution in [1.29, 1.82) is 0 Å². The lowest BCUT2D eigenvalue weighted by atomic mass is 10.1. The number of fused-ring (bicyclic) bond motifs is 1. The van der Waals surface area contributed by atoms with Gasteiger partial charge in [0.25, 0.3) is 5.91 Å². The lowest BCUT2D eigenvalue weighted by Crippen LogP contribution is -2.25. The van der Waals surface area contributed by atoms with E-state index in [9.17, 15) is 4.79 Å². The number of benzene rings is 3. The van der Waals surface area contributed by atoms with Crippen LogP contribution in [0.4, 0.5) is 0 Å². The van der Waals surface area contributed by atoms with Crippen LogP contribution in [-0.4, -0.2) is 25.2 Å². The molecule has 0 unspecified atom stereocenters. The molecule has 0 saturated carbocycles. The number of hydrogen-bond donors (Lipinski definition) is 1. The van der Waals surface area contributed by atoms with E-state index in [1.165, 1.54) is 0 Å². The molecule has 1 amide bonds. The minimum absolute atomic E-state index is 0.0382. The summed E-state index contributed by atoms with van der Waals surface area (Å²) in [6, 6.07) is 16.2. The Kier molecular flexibility index (Phi) is 7.86. The van der Waals surface area contributed by atoms with E-state index in [-0.39, 0.29) is 12.0 Å². The van der Waals surface area contributed by atoms with Gasteiger partial charge < -0.3 is 19.5 Å². The van der Waals surface area contributed by atoms with Crippen LogP contribution in [0.2, 0.25) is 10.0 Å². The van der Waals surface area contributed by atoms with Crippen molar-refractivity contribution < 1.29 is 19.0 Å². The van der Waals surface area contributed by atoms with Gasteiger partial charge in [-0.1, -0.05) is 29.3 Å². The summed E-state index contributed by atoms with van der Waals surface area (Å²) in [6.45, 7) is 5.10. The van der Waals surface area contributed by atoms with Crippen molar-refractivity contribution in [2.24, 2.45) is 0 Å². The number of hydrogen-bond acceptors (Lipinski definition) is 4. The van der Waals surface area contributed by atoms with Crippen molar-refractivity contribution >= 4 is 29.1 Å². The summed E-state index contributed by atoms with van der Waals surface area (Å²) in [6.07, 6.45) is 2.60. The molecule has 0 bridgehead atoms. The number of halogens is 2. The molecule has 0 saturated heterocycles. The minimum atomic E-state index is -0.160. The fourth-order valence-electron chi connectivity index (χ4n) is 3.74. The maximum atomic E-state index is 12.6. The average molecular weight is 500 g/mol. The minimum Gasteiger partial charge on any atom is -0.493 e. The van der Waals surface area contributed by atoms with Gasteiger partial charge in [0.1, 0.15) is 23.0 Å². The molecule has 1 aliphatic heterocycles. The predicted octanol–water partition coefficient (Wildman–Crippen LogP) is 6.87. The monoisotopic (exact) mass is 499 g/mol. The Labute approximate surface area is 209 Å². The van der Waals surface area contributed by atoms with Gasteiger partial charge >= 0.3 is 0 Å². The van der Waals surface area contributed by atoms with Gasteiger partial charge in [-0.15, -0.1) is 0 Å². The lowest BCUT2D eigenvalue weighted by molar-refractivity contribution is 0.0954. The van der Waals surface area contributed by atoms with Crippen molar-refractivity contribution in [1.82, 2.24) is 5.32 Å². The van der Waals surface area contributed by atoms with Crippen LogP contribution >= 0.6 is 23.2 Å². The fourth-order valence-corrected chi connectivity index (χ4v) is 4.13. The van der Waals surface area contributed by atoms with E-state index in [2.05, 4.69) is 5.32 Å². The maximum absolute atomic E-state index is 12.6. The van der Waals surface area contributed by atoms with Crippen molar-refractivity contribution in [2.75, 3.05) is 13.2 Å². The summed E-state index contributed by atoms with van der Waals surface area (Å²) in [5, 5.41) is 4.11. The van der Waals surface area contributed by atoms with Crippen LogP contribution in [0.5, 0.6) is 23.0 Å². The second kappa shape index (κ2) is 11.0. The third-order valence-corrected chi connectivity index (χ3v) is 5.91. The van der Waals surface area contributed by atoms with Gasteiger partial charge in [0.05, 0.1) is 17.7 Å². The fraction of sp³-hybridized carbons (Fsp3) is 0.296. The molecule has 1 aliphatic rings. The Bertz CT molecular complexity index is 1160. The molecule has 0 aromatic heterocycles. The van der Waals surface area contributed by atoms with Crippen LogP contribution in [0, 0.1) is 0 Å². The van der Waals surface area contributed by atoms with Crippen molar-refractivity contribution in [3.63, 3.8) is 0 Å². The number of aryl methyl sites for hydroxylation is 1. The molecule has 3 aromatic carbocycles. The predicted molar refractivity (Wildman–Crippen MR) is 135 cm³/mol. The van der Waals surface area contributed by atoms with Gasteiger partial charge in [0, 0.05) is 23.2 Å². The van der Waals surface area contributed by atoms with Gasteiger partial charge in [0.15, 0.2) is 0 Å². The van der Waals surface area contributed by atoms with Crippen molar-refractivity contribution in [3.8, 4) is 23.0 Å². The van der Waals surface area contributed by atoms with Gasteiger partial charge in [0.2, 0.25) is 0 Å². The Morgan fingerprint density at radius 3 is 2.62 bits per heavy atom. The SMILES string of the molecule is CC(C)Oc1cc(Cl)ccc1CCNC(=O)c1ccc(Oc2cc3c(cc2Cl)CCCO3)cc1. The van der Waals surface area contributed by atoms with E-state index in [0.717, 1.165) is 35.5 Å². The quantitative estimate of drug-likeness (QED) is 0.367. The molecule has 0 aliphatic carbocycles. The van der Waals surface area contributed by atoms with Crippen LogP contribution in [0.25, 0.3) is 0 Å². The van der Waals surface area contributed by atoms with Crippen LogP contribution in [0.1, 0.15) is 41.8 Å². The molecule has 34 heavy (non-hydrogen) atoms. The van der Waals surface area contributed by atoms with Gasteiger partial charge in [-0.3, -0.25) is 4.79 Å². The highest BCUT2D eigenvalue weighted by Crippen LogP contribution is 2.37. The Balaban J connectivity index is 1.34. The van der Waals surface area contributed by atoms with Gasteiger partial charge in [-0.2, -0.15) is 0 Å². The molecular weight excluding hydrogens is 473 g/mol. The van der Waals surface area contributed by atoms with Crippen molar-refractivity contribution in [2.45, 2.75) is 39.2 Å². The zero-order valence-corrected chi connectivity index (χ0v) is 20.7. The second-order valence-electron chi connectivity index (χ2n) is 8.39. The normalized spacial score (nSPS) is 12.6. The third-order valence-electron chi connectivity index (χ3n) is 5.38. The van der Waals surface area contributed by atoms with Gasteiger partial charge in [-0.05, 0) is 86.7 Å². The van der Waals surface area contributed by atoms with E-state index >= 15 is 0 Å². The summed E-state index contributed by atoms with van der Waals surface area (Å²) in [5.74, 6) is 2.51. The number of nitrogens with one attached hydrogen (secondary N) is 1. The number of rotatable bonds is 8. The highest BCUT2D eigenvalue weighted by molar-refractivity contribution is 6.32.